The second-order valence-electron chi connectivity index (χ2n) is 5.99. The van der Waals surface area contributed by atoms with Crippen LogP contribution in [0.2, 0.25) is 0 Å². The van der Waals surface area contributed by atoms with Crippen LogP contribution in [-0.4, -0.2) is 33.9 Å². The monoisotopic (exact) mass is 379 g/mol. The lowest BCUT2D eigenvalue weighted by molar-refractivity contribution is 0.171. The Morgan fingerprint density at radius 3 is 3.00 bits per heavy atom. The molecular formula is C19H17N5O2S. The summed E-state index contributed by atoms with van der Waals surface area (Å²) < 4.78 is 4.58. The van der Waals surface area contributed by atoms with E-state index < -0.39 is 6.09 Å². The Morgan fingerprint density at radius 2 is 2.19 bits per heavy atom. The molecule has 0 radical (unpaired) electrons. The molecule has 0 atom stereocenters. The van der Waals surface area contributed by atoms with Gasteiger partial charge in [-0.2, -0.15) is 5.10 Å². The number of methoxy groups -OCH3 is 1. The Kier molecular flexibility index (Phi) is 4.88. The standard InChI is InChI=1S/C19H17N5O2S/c1-26-19(25)24-23-15-6-2-4-12-7-8-14(22-17(12)15)16-11-21-18(27-16)13-5-3-9-20-10-13/h3,5,7-11H,2,4,6H2,1H3,(H,24,25). The molecule has 27 heavy (non-hydrogen) atoms. The number of hydrogen-bond donors (Lipinski definition) is 1. The number of thiazole rings is 1. The fourth-order valence-corrected chi connectivity index (χ4v) is 3.80. The fourth-order valence-electron chi connectivity index (χ4n) is 2.92. The van der Waals surface area contributed by atoms with Crippen LogP contribution in [0.1, 0.15) is 24.1 Å². The second kappa shape index (κ2) is 7.63. The molecule has 4 rings (SSSR count). The largest absolute Gasteiger partial charge is 0.452 e. The van der Waals surface area contributed by atoms with Crippen LogP contribution in [0.4, 0.5) is 4.79 Å². The average molecular weight is 379 g/mol. The van der Waals surface area contributed by atoms with E-state index in [1.807, 2.05) is 24.4 Å². The highest BCUT2D eigenvalue weighted by Gasteiger charge is 2.19. The summed E-state index contributed by atoms with van der Waals surface area (Å²) in [6.45, 7) is 0. The van der Waals surface area contributed by atoms with Gasteiger partial charge in [-0.1, -0.05) is 6.07 Å². The normalized spacial score (nSPS) is 14.6. The molecule has 1 amide bonds. The Hall–Kier alpha value is -3.13. The van der Waals surface area contributed by atoms with E-state index in [9.17, 15) is 4.79 Å². The summed E-state index contributed by atoms with van der Waals surface area (Å²) in [6, 6.07) is 7.97. The number of nitrogens with one attached hydrogen (secondary N) is 1. The van der Waals surface area contributed by atoms with E-state index in [1.165, 1.54) is 7.11 Å². The molecule has 8 heteroatoms. The molecular weight excluding hydrogens is 362 g/mol. The van der Waals surface area contributed by atoms with Gasteiger partial charge in [0.15, 0.2) is 0 Å². The van der Waals surface area contributed by atoms with Gasteiger partial charge in [-0.25, -0.2) is 20.2 Å². The van der Waals surface area contributed by atoms with E-state index in [1.54, 1.807) is 23.7 Å². The van der Waals surface area contributed by atoms with Gasteiger partial charge >= 0.3 is 6.09 Å². The van der Waals surface area contributed by atoms with Crippen LogP contribution >= 0.6 is 11.3 Å². The lowest BCUT2D eigenvalue weighted by atomic mass is 9.94. The number of hydrazone groups is 1. The number of nitrogens with zero attached hydrogens (tertiary/aromatic N) is 4. The zero-order valence-electron chi connectivity index (χ0n) is 14.7. The van der Waals surface area contributed by atoms with Gasteiger partial charge in [0.1, 0.15) is 5.01 Å². The van der Waals surface area contributed by atoms with E-state index in [0.29, 0.717) is 0 Å². The smallest absolute Gasteiger partial charge is 0.427 e. The highest BCUT2D eigenvalue weighted by atomic mass is 32.1. The number of ether oxygens (including phenoxy) is 1. The number of hydrogen-bond acceptors (Lipinski definition) is 7. The number of aromatic nitrogens is 3. The maximum Gasteiger partial charge on any atom is 0.427 e. The van der Waals surface area contributed by atoms with E-state index in [0.717, 1.165) is 57.4 Å². The van der Waals surface area contributed by atoms with Gasteiger partial charge in [0.05, 0.1) is 29.1 Å². The van der Waals surface area contributed by atoms with E-state index >= 15 is 0 Å². The van der Waals surface area contributed by atoms with E-state index in [-0.39, 0.29) is 0 Å². The van der Waals surface area contributed by atoms with E-state index in [4.69, 9.17) is 4.98 Å². The van der Waals surface area contributed by atoms with Crippen molar-refractivity contribution in [3.8, 4) is 21.1 Å². The van der Waals surface area contributed by atoms with Gasteiger partial charge in [0, 0.05) is 24.2 Å². The van der Waals surface area contributed by atoms with Crippen molar-refractivity contribution in [2.75, 3.05) is 7.11 Å². The van der Waals surface area contributed by atoms with Gasteiger partial charge in [0.25, 0.3) is 0 Å². The second-order valence-corrected chi connectivity index (χ2v) is 7.02. The van der Waals surface area contributed by atoms with Crippen LogP contribution in [0.3, 0.4) is 0 Å². The minimum Gasteiger partial charge on any atom is -0.452 e. The van der Waals surface area contributed by atoms with Gasteiger partial charge in [-0.05, 0) is 43.0 Å². The first-order chi connectivity index (χ1) is 13.2. The first kappa shape index (κ1) is 17.3. The summed E-state index contributed by atoms with van der Waals surface area (Å²) in [5, 5.41) is 5.09. The van der Waals surface area contributed by atoms with Crippen LogP contribution in [-0.2, 0) is 11.2 Å². The van der Waals surface area contributed by atoms with Gasteiger partial charge in [0.2, 0.25) is 0 Å². The molecule has 0 unspecified atom stereocenters. The first-order valence-corrected chi connectivity index (χ1v) is 9.33. The van der Waals surface area contributed by atoms with Crippen molar-refractivity contribution in [1.82, 2.24) is 20.4 Å². The molecule has 0 spiro atoms. The molecule has 1 aliphatic rings. The quantitative estimate of drug-likeness (QED) is 0.702. The van der Waals surface area contributed by atoms with Crippen LogP contribution in [0.5, 0.6) is 0 Å². The first-order valence-electron chi connectivity index (χ1n) is 8.52. The number of fused-ring (bicyclic) bond motifs is 1. The van der Waals surface area contributed by atoms with Crippen molar-refractivity contribution >= 4 is 23.1 Å². The third-order valence-electron chi connectivity index (χ3n) is 4.25. The van der Waals surface area contributed by atoms with Crippen LogP contribution < -0.4 is 5.43 Å². The summed E-state index contributed by atoms with van der Waals surface area (Å²) >= 11 is 1.57. The molecule has 0 aromatic carbocycles. The van der Waals surface area contributed by atoms with Gasteiger partial charge in [-0.3, -0.25) is 4.98 Å². The summed E-state index contributed by atoms with van der Waals surface area (Å²) in [5.74, 6) is 0. The Bertz CT molecular complexity index is 1000. The fraction of sp³-hybridized carbons (Fsp3) is 0.211. The van der Waals surface area contributed by atoms with Crippen molar-refractivity contribution < 1.29 is 9.53 Å². The molecule has 0 aliphatic heterocycles. The number of rotatable bonds is 3. The maximum atomic E-state index is 11.3. The van der Waals surface area contributed by atoms with Crippen molar-refractivity contribution in [3.05, 3.63) is 54.1 Å². The maximum absolute atomic E-state index is 11.3. The lowest BCUT2D eigenvalue weighted by Crippen LogP contribution is -2.22. The predicted octanol–water partition coefficient (Wildman–Crippen LogP) is 3.66. The molecule has 3 aromatic rings. The molecule has 0 saturated heterocycles. The Morgan fingerprint density at radius 1 is 1.26 bits per heavy atom. The topological polar surface area (TPSA) is 89.4 Å². The van der Waals surface area contributed by atoms with Crippen LogP contribution in [0.25, 0.3) is 21.1 Å². The Labute approximate surface area is 160 Å². The molecule has 1 N–H and O–H groups in total. The molecule has 3 heterocycles. The Balaban J connectivity index is 1.66. The number of amides is 1. The van der Waals surface area contributed by atoms with Gasteiger partial charge in [-0.15, -0.1) is 11.3 Å². The highest BCUT2D eigenvalue weighted by Crippen LogP contribution is 2.32. The molecule has 136 valence electrons. The van der Waals surface area contributed by atoms with Crippen LogP contribution in [0.15, 0.2) is 48.0 Å². The minimum absolute atomic E-state index is 0.589. The number of pyridine rings is 2. The molecule has 0 fully saturated rings. The number of carbonyl (C=O) groups is 1. The summed E-state index contributed by atoms with van der Waals surface area (Å²) in [6.07, 6.45) is 7.46. The van der Waals surface area contributed by atoms with Crippen molar-refractivity contribution in [3.63, 3.8) is 0 Å². The predicted molar refractivity (Wildman–Crippen MR) is 104 cm³/mol. The van der Waals surface area contributed by atoms with Crippen molar-refractivity contribution in [2.45, 2.75) is 19.3 Å². The van der Waals surface area contributed by atoms with Crippen molar-refractivity contribution in [1.29, 1.82) is 0 Å². The van der Waals surface area contributed by atoms with Crippen molar-refractivity contribution in [2.24, 2.45) is 5.10 Å². The van der Waals surface area contributed by atoms with Gasteiger partial charge < -0.3 is 4.74 Å². The molecule has 0 bridgehead atoms. The summed E-state index contributed by atoms with van der Waals surface area (Å²) in [4.78, 5) is 25.7. The molecule has 0 saturated carbocycles. The minimum atomic E-state index is -0.589. The zero-order chi connectivity index (χ0) is 18.6. The third-order valence-corrected chi connectivity index (χ3v) is 5.31. The van der Waals surface area contributed by atoms with Crippen LogP contribution in [0, 0.1) is 0 Å². The lowest BCUT2D eigenvalue weighted by Gasteiger charge is -2.17. The van der Waals surface area contributed by atoms with E-state index in [2.05, 4.69) is 31.3 Å². The SMILES string of the molecule is COC(=O)NN=C1CCCc2ccc(-c3cnc(-c4cccnc4)s3)nc21. The third kappa shape index (κ3) is 3.70. The average Bonchev–Trinajstić information content (AvgIpc) is 3.22. The zero-order valence-corrected chi connectivity index (χ0v) is 15.5. The molecule has 7 nitrogen and oxygen atoms in total. The number of aryl methyl sites for hydroxylation is 1. The number of carbonyl (C=O) groups excluding carboxylic acids is 1. The summed E-state index contributed by atoms with van der Waals surface area (Å²) in [5.41, 5.74) is 6.94. The summed E-state index contributed by atoms with van der Waals surface area (Å²) in [7, 11) is 1.31. The highest BCUT2D eigenvalue weighted by molar-refractivity contribution is 7.18. The molecule has 3 aromatic heterocycles. The molecule has 1 aliphatic carbocycles.